The smallest absolute Gasteiger partial charge is 0.444 e. The van der Waals surface area contributed by atoms with Crippen LogP contribution >= 0.6 is 23.4 Å². The summed E-state index contributed by atoms with van der Waals surface area (Å²) in [5, 5.41) is 3.71. The van der Waals surface area contributed by atoms with Crippen molar-refractivity contribution in [3.63, 3.8) is 0 Å². The fraction of sp³-hybridized carbons (Fsp3) is 0.472. The number of rotatable bonds is 16. The number of benzene rings is 4. The first-order valence-electron chi connectivity index (χ1n) is 24.9. The van der Waals surface area contributed by atoms with Crippen molar-refractivity contribution in [1.82, 2.24) is 24.3 Å². The van der Waals surface area contributed by atoms with E-state index in [1.807, 2.05) is 47.2 Å². The molecular formula is C53H65ClF3N7O7S3. The summed E-state index contributed by atoms with van der Waals surface area (Å²) in [5.41, 5.74) is -1.61. The highest BCUT2D eigenvalue weighted by Gasteiger charge is 2.49. The Bertz CT molecular complexity index is 2890. The number of halogens is 4. The van der Waals surface area contributed by atoms with Gasteiger partial charge in [0.2, 0.25) is 0 Å². The van der Waals surface area contributed by atoms with Crippen LogP contribution in [0.5, 0.6) is 0 Å². The van der Waals surface area contributed by atoms with Gasteiger partial charge in [0.05, 0.1) is 10.6 Å². The Labute approximate surface area is 442 Å². The highest BCUT2D eigenvalue weighted by Crippen LogP contribution is 2.48. The van der Waals surface area contributed by atoms with Crippen molar-refractivity contribution in [3.8, 4) is 0 Å². The van der Waals surface area contributed by atoms with E-state index in [1.54, 1.807) is 37.8 Å². The molecule has 0 aromatic heterocycles. The van der Waals surface area contributed by atoms with Gasteiger partial charge in [-0.25, -0.2) is 26.4 Å². The van der Waals surface area contributed by atoms with Crippen LogP contribution in [0.25, 0.3) is 5.57 Å². The maximum atomic E-state index is 14.4. The van der Waals surface area contributed by atoms with Gasteiger partial charge in [-0.05, 0) is 137 Å². The van der Waals surface area contributed by atoms with Gasteiger partial charge in [0.15, 0.2) is 0 Å². The van der Waals surface area contributed by atoms with Crippen LogP contribution in [0.1, 0.15) is 62.4 Å². The molecule has 4 aromatic rings. The third kappa shape index (κ3) is 13.8. The minimum Gasteiger partial charge on any atom is -0.444 e. The summed E-state index contributed by atoms with van der Waals surface area (Å²) in [5.74, 6) is -0.732. The third-order valence-electron chi connectivity index (χ3n) is 14.1. The molecule has 3 saturated heterocycles. The molecule has 3 heterocycles. The van der Waals surface area contributed by atoms with Gasteiger partial charge in [-0.15, -0.1) is 11.8 Å². The number of anilines is 2. The molecule has 0 bridgehead atoms. The number of carbonyl (C=O) groups excluding carboxylic acids is 2. The van der Waals surface area contributed by atoms with Gasteiger partial charge in [-0.3, -0.25) is 14.6 Å². The number of hydrogen-bond acceptors (Lipinski definition) is 13. The summed E-state index contributed by atoms with van der Waals surface area (Å²) >= 11 is 7.65. The van der Waals surface area contributed by atoms with Crippen molar-refractivity contribution >= 4 is 72.2 Å². The van der Waals surface area contributed by atoms with Crippen LogP contribution in [0.3, 0.4) is 0 Å². The maximum absolute atomic E-state index is 14.4. The number of nitrogens with zero attached hydrogens (tertiary/aromatic N) is 5. The van der Waals surface area contributed by atoms with Crippen LogP contribution in [-0.4, -0.2) is 157 Å². The number of piperazine rings is 2. The number of hydrogen-bond donors (Lipinski definition) is 2. The lowest BCUT2D eigenvalue weighted by Crippen LogP contribution is -2.55. The van der Waals surface area contributed by atoms with Crippen molar-refractivity contribution in [2.24, 2.45) is 5.41 Å². The van der Waals surface area contributed by atoms with E-state index in [2.05, 4.69) is 44.1 Å². The zero-order valence-corrected chi connectivity index (χ0v) is 45.4. The molecule has 4 aliphatic rings. The fourth-order valence-electron chi connectivity index (χ4n) is 10.3. The maximum Gasteiger partial charge on any atom is 0.501 e. The first kappa shape index (κ1) is 55.4. The van der Waals surface area contributed by atoms with Crippen LogP contribution in [-0.2, 0) is 24.6 Å². The lowest BCUT2D eigenvalue weighted by atomic mass is 9.66. The molecule has 1 aliphatic carbocycles. The topological polar surface area (TPSA) is 152 Å². The number of thioether (sulfide) groups is 1. The Morgan fingerprint density at radius 3 is 2.09 bits per heavy atom. The first-order valence-corrected chi connectivity index (χ1v) is 29.2. The van der Waals surface area contributed by atoms with Crippen LogP contribution in [0, 0.1) is 5.41 Å². The normalized spacial score (nSPS) is 18.8. The van der Waals surface area contributed by atoms with Gasteiger partial charge in [-0.2, -0.15) is 13.2 Å². The molecule has 400 valence electrons. The molecule has 3 aliphatic heterocycles. The number of sulfonamides is 1. The lowest BCUT2D eigenvalue weighted by molar-refractivity contribution is -0.0436. The number of amides is 2. The standard InChI is InChI=1S/C53H65ClF3N7O7S3/c1-51(2,3)71-50(66)64-30-24-61(25-31-64)23-21-42(35-72-44-8-6-5-7-9-44)58-47-19-18-45(32-48(47)73(67,68)53(55,56)57)74(69,70)59-49(65)39-12-16-43(17-13-39)63-28-26-62(27-29-63)34-40-33-52(36-60(4)37-52)22-20-46(40)38-10-14-41(54)15-11-38/h5-19,32,42,58H,20-31,33-37H2,1-4H3,(H,59,65)/t42-/m1/s1. The van der Waals surface area contributed by atoms with Gasteiger partial charge in [0.25, 0.3) is 25.8 Å². The highest BCUT2D eigenvalue weighted by atomic mass is 35.5. The first-order chi connectivity index (χ1) is 35.0. The summed E-state index contributed by atoms with van der Waals surface area (Å²) in [6.07, 6.45) is 3.21. The second kappa shape index (κ2) is 22.8. The zero-order chi connectivity index (χ0) is 53.1. The number of nitrogens with one attached hydrogen (secondary N) is 2. The molecule has 8 rings (SSSR count). The van der Waals surface area contributed by atoms with Gasteiger partial charge in [-0.1, -0.05) is 47.5 Å². The number of carbonyl (C=O) groups is 2. The van der Waals surface area contributed by atoms with E-state index in [1.165, 1.54) is 47.0 Å². The quantitative estimate of drug-likeness (QED) is 0.103. The molecule has 1 atom stereocenters. The largest absolute Gasteiger partial charge is 0.501 e. The van der Waals surface area contributed by atoms with Crippen LogP contribution in [0.15, 0.2) is 117 Å². The summed E-state index contributed by atoms with van der Waals surface area (Å²) in [6, 6.07) is 25.6. The molecule has 1 spiro atoms. The van der Waals surface area contributed by atoms with Crippen molar-refractivity contribution in [3.05, 3.63) is 119 Å². The predicted molar refractivity (Wildman–Crippen MR) is 285 cm³/mol. The molecule has 74 heavy (non-hydrogen) atoms. The van der Waals surface area contributed by atoms with Gasteiger partial charge in [0.1, 0.15) is 10.5 Å². The Morgan fingerprint density at radius 1 is 0.824 bits per heavy atom. The lowest BCUT2D eigenvalue weighted by Gasteiger charge is -2.52. The molecule has 2 amide bonds. The molecule has 21 heteroatoms. The van der Waals surface area contributed by atoms with E-state index in [-0.39, 0.29) is 5.56 Å². The minimum atomic E-state index is -6.12. The summed E-state index contributed by atoms with van der Waals surface area (Å²) in [4.78, 5) is 35.6. The van der Waals surface area contributed by atoms with Gasteiger partial charge >= 0.3 is 11.6 Å². The van der Waals surface area contributed by atoms with E-state index in [0.29, 0.717) is 61.4 Å². The Morgan fingerprint density at radius 2 is 1.47 bits per heavy atom. The van der Waals surface area contributed by atoms with Crippen LogP contribution in [0.2, 0.25) is 5.02 Å². The van der Waals surface area contributed by atoms with E-state index in [4.69, 9.17) is 16.3 Å². The zero-order valence-electron chi connectivity index (χ0n) is 42.2. The second-order valence-corrected chi connectivity index (χ2v) is 26.0. The van der Waals surface area contributed by atoms with Crippen molar-refractivity contribution in [2.75, 3.05) is 102 Å². The average molecular weight is 1100 g/mol. The van der Waals surface area contributed by atoms with Crippen LogP contribution in [0.4, 0.5) is 29.3 Å². The monoisotopic (exact) mass is 1100 g/mol. The van der Waals surface area contributed by atoms with Gasteiger partial charge < -0.3 is 24.8 Å². The van der Waals surface area contributed by atoms with Crippen LogP contribution < -0.4 is 14.9 Å². The molecule has 3 fully saturated rings. The highest BCUT2D eigenvalue weighted by molar-refractivity contribution is 7.99. The number of allylic oxidation sites excluding steroid dienone is 1. The number of sulfone groups is 1. The number of ether oxygens (including phenoxy) is 1. The minimum absolute atomic E-state index is 0.0167. The summed E-state index contributed by atoms with van der Waals surface area (Å²) < 4.78 is 104. The van der Waals surface area contributed by atoms with Gasteiger partial charge in [0, 0.05) is 112 Å². The Balaban J connectivity index is 0.918. The van der Waals surface area contributed by atoms with Crippen molar-refractivity contribution < 1.29 is 44.3 Å². The summed E-state index contributed by atoms with van der Waals surface area (Å²) in [6.45, 7) is 13.8. The number of likely N-dealkylation sites (tertiary alicyclic amines) is 1. The Hall–Kier alpha value is -4.83. The van der Waals surface area contributed by atoms with E-state index >= 15 is 0 Å². The van der Waals surface area contributed by atoms with Crippen molar-refractivity contribution in [1.29, 1.82) is 0 Å². The van der Waals surface area contributed by atoms with E-state index < -0.39 is 64.5 Å². The van der Waals surface area contributed by atoms with E-state index in [0.717, 1.165) is 81.4 Å². The van der Waals surface area contributed by atoms with Crippen molar-refractivity contribution in [2.45, 2.75) is 78.3 Å². The molecule has 14 nitrogen and oxygen atoms in total. The number of alkyl halides is 3. The third-order valence-corrected chi connectivity index (χ3v) is 18.3. The predicted octanol–water partition coefficient (Wildman–Crippen LogP) is 8.96. The fourth-order valence-corrected chi connectivity index (χ4v) is 13.5. The molecule has 0 unspecified atom stereocenters. The van der Waals surface area contributed by atoms with E-state index in [9.17, 15) is 39.6 Å². The molecule has 4 aromatic carbocycles. The molecule has 0 saturated carbocycles. The average Bonchev–Trinajstić information content (AvgIpc) is 3.34. The molecular weight excluding hydrogens is 1040 g/mol. The molecule has 0 radical (unpaired) electrons. The second-order valence-electron chi connectivity index (χ2n) is 20.9. The SMILES string of the molecule is CN1CC2(CCC(c3ccc(Cl)cc3)=C(CN3CCN(c4ccc(C(=O)NS(=O)(=O)c5ccc(N[C@H](CCN6CCN(C(=O)OC(C)(C)C)CC6)CSc6ccccc6)c(S(=O)(=O)C(F)(F)F)c5)cc4)CC3)C2)C1. The molecule has 2 N–H and O–H groups in total. The summed E-state index contributed by atoms with van der Waals surface area (Å²) in [7, 11) is -8.83. The Kier molecular flexibility index (Phi) is 17.1.